The van der Waals surface area contributed by atoms with Crippen LogP contribution in [0.5, 0.6) is 0 Å². The maximum absolute atomic E-state index is 12.5. The number of aromatic amines is 1. The summed E-state index contributed by atoms with van der Waals surface area (Å²) in [5.41, 5.74) is -0.886. The van der Waals surface area contributed by atoms with Crippen molar-refractivity contribution in [3.05, 3.63) is 46.4 Å². The van der Waals surface area contributed by atoms with Gasteiger partial charge in [0.05, 0.1) is 12.0 Å². The summed E-state index contributed by atoms with van der Waals surface area (Å²) >= 11 is 0. The van der Waals surface area contributed by atoms with Gasteiger partial charge in [0.25, 0.3) is 11.5 Å². The van der Waals surface area contributed by atoms with Crippen LogP contribution in [-0.2, 0) is 4.79 Å². The predicted molar refractivity (Wildman–Crippen MR) is 85.5 cm³/mol. The molecule has 0 bridgehead atoms. The molecule has 0 saturated heterocycles. The van der Waals surface area contributed by atoms with Crippen molar-refractivity contribution in [2.75, 3.05) is 0 Å². The van der Waals surface area contributed by atoms with Gasteiger partial charge in [-0.15, -0.1) is 0 Å². The van der Waals surface area contributed by atoms with Crippen molar-refractivity contribution in [1.82, 2.24) is 10.3 Å². The van der Waals surface area contributed by atoms with Gasteiger partial charge in [0, 0.05) is 5.39 Å². The van der Waals surface area contributed by atoms with E-state index in [2.05, 4.69) is 10.3 Å². The molecule has 23 heavy (non-hydrogen) atoms. The van der Waals surface area contributed by atoms with E-state index in [4.69, 9.17) is 5.11 Å². The highest BCUT2D eigenvalue weighted by molar-refractivity contribution is 5.96. The molecule has 1 aromatic heterocycles. The summed E-state index contributed by atoms with van der Waals surface area (Å²) in [6.45, 7) is 0. The Morgan fingerprint density at radius 3 is 2.61 bits per heavy atom. The second-order valence-electron chi connectivity index (χ2n) is 6.11. The molecule has 0 radical (unpaired) electrons. The van der Waals surface area contributed by atoms with Crippen LogP contribution in [0.15, 0.2) is 35.1 Å². The summed E-state index contributed by atoms with van der Waals surface area (Å²) < 4.78 is 0. The van der Waals surface area contributed by atoms with Gasteiger partial charge in [0.2, 0.25) is 0 Å². The fraction of sp³-hybridized carbons (Fsp3) is 0.353. The highest BCUT2D eigenvalue weighted by atomic mass is 16.4. The monoisotopic (exact) mass is 314 g/mol. The van der Waals surface area contributed by atoms with Crippen molar-refractivity contribution in [3.8, 4) is 0 Å². The molecule has 0 atom stereocenters. The molecule has 6 heteroatoms. The van der Waals surface area contributed by atoms with Gasteiger partial charge in [-0.05, 0) is 30.4 Å². The molecule has 120 valence electrons. The van der Waals surface area contributed by atoms with E-state index in [1.165, 1.54) is 0 Å². The largest absolute Gasteiger partial charge is 0.481 e. The number of benzene rings is 1. The highest BCUT2D eigenvalue weighted by Gasteiger charge is 2.37. The SMILES string of the molecule is O=C(O)CC1(NC(=O)c2cc3ccccc3c(=O)[nH]2)CCCC1. The molecule has 3 N–H and O–H groups in total. The Balaban J connectivity index is 1.91. The summed E-state index contributed by atoms with van der Waals surface area (Å²) in [4.78, 5) is 38.3. The zero-order valence-corrected chi connectivity index (χ0v) is 12.6. The first-order valence-electron chi connectivity index (χ1n) is 7.65. The first-order chi connectivity index (χ1) is 11.0. The Labute approximate surface area is 132 Å². The lowest BCUT2D eigenvalue weighted by Crippen LogP contribution is -2.48. The van der Waals surface area contributed by atoms with Crippen LogP contribution in [0.2, 0.25) is 0 Å². The zero-order valence-electron chi connectivity index (χ0n) is 12.6. The number of hydrogen-bond acceptors (Lipinski definition) is 3. The third kappa shape index (κ3) is 3.11. The minimum Gasteiger partial charge on any atom is -0.481 e. The number of pyridine rings is 1. The second-order valence-corrected chi connectivity index (χ2v) is 6.11. The van der Waals surface area contributed by atoms with Crippen LogP contribution in [0.4, 0.5) is 0 Å². The number of aromatic nitrogens is 1. The van der Waals surface area contributed by atoms with Gasteiger partial charge in [-0.2, -0.15) is 0 Å². The van der Waals surface area contributed by atoms with E-state index in [0.29, 0.717) is 23.6 Å². The first-order valence-corrected chi connectivity index (χ1v) is 7.65. The van der Waals surface area contributed by atoms with E-state index >= 15 is 0 Å². The summed E-state index contributed by atoms with van der Waals surface area (Å²) in [6, 6.07) is 8.64. The Hall–Kier alpha value is -2.63. The number of carboxylic acids is 1. The number of fused-ring (bicyclic) bond motifs is 1. The second kappa shape index (κ2) is 5.87. The van der Waals surface area contributed by atoms with Gasteiger partial charge in [-0.1, -0.05) is 31.0 Å². The van der Waals surface area contributed by atoms with Gasteiger partial charge in [0.15, 0.2) is 0 Å². The highest BCUT2D eigenvalue weighted by Crippen LogP contribution is 2.32. The number of carbonyl (C=O) groups is 2. The van der Waals surface area contributed by atoms with Crippen LogP contribution >= 0.6 is 0 Å². The summed E-state index contributed by atoms with van der Waals surface area (Å²) in [7, 11) is 0. The minimum absolute atomic E-state index is 0.101. The van der Waals surface area contributed by atoms with Crippen molar-refractivity contribution >= 4 is 22.6 Å². The Morgan fingerprint density at radius 2 is 1.91 bits per heavy atom. The summed E-state index contributed by atoms with van der Waals surface area (Å²) in [5.74, 6) is -1.37. The van der Waals surface area contributed by atoms with Crippen molar-refractivity contribution in [2.24, 2.45) is 0 Å². The number of amides is 1. The Morgan fingerprint density at radius 1 is 1.22 bits per heavy atom. The molecule has 1 saturated carbocycles. The standard InChI is InChI=1S/C17H18N2O4/c20-14(21)10-17(7-3-4-8-17)19-16(23)13-9-11-5-1-2-6-12(11)15(22)18-13/h1-2,5-6,9H,3-4,7-8,10H2,(H,18,22)(H,19,23)(H,20,21). The quantitative estimate of drug-likeness (QED) is 0.804. The molecule has 6 nitrogen and oxygen atoms in total. The number of hydrogen-bond donors (Lipinski definition) is 3. The van der Waals surface area contributed by atoms with E-state index in [1.54, 1.807) is 30.3 Å². The fourth-order valence-corrected chi connectivity index (χ4v) is 3.33. The number of nitrogens with one attached hydrogen (secondary N) is 2. The first kappa shape index (κ1) is 15.3. The summed E-state index contributed by atoms with van der Waals surface area (Å²) in [6.07, 6.45) is 2.96. The van der Waals surface area contributed by atoms with E-state index in [-0.39, 0.29) is 17.7 Å². The molecule has 0 aliphatic heterocycles. The zero-order chi connectivity index (χ0) is 16.4. The number of aliphatic carboxylic acids is 1. The van der Waals surface area contributed by atoms with E-state index in [0.717, 1.165) is 12.8 Å². The van der Waals surface area contributed by atoms with Crippen molar-refractivity contribution in [2.45, 2.75) is 37.6 Å². The lowest BCUT2D eigenvalue weighted by Gasteiger charge is -2.28. The normalized spacial score (nSPS) is 16.3. The Kier molecular flexibility index (Phi) is 3.90. The maximum atomic E-state index is 12.5. The topological polar surface area (TPSA) is 99.3 Å². The number of carboxylic acid groups (broad SMARTS) is 1. The third-order valence-electron chi connectivity index (χ3n) is 4.43. The molecule has 1 fully saturated rings. The third-order valence-corrected chi connectivity index (χ3v) is 4.43. The molecular weight excluding hydrogens is 296 g/mol. The molecule has 3 rings (SSSR count). The van der Waals surface area contributed by atoms with Gasteiger partial charge in [-0.25, -0.2) is 0 Å². The average Bonchev–Trinajstić information content (AvgIpc) is 2.94. The molecule has 1 aliphatic rings. The molecular formula is C17H18N2O4. The van der Waals surface area contributed by atoms with Crippen molar-refractivity contribution in [1.29, 1.82) is 0 Å². The van der Waals surface area contributed by atoms with Crippen molar-refractivity contribution < 1.29 is 14.7 Å². The Bertz CT molecular complexity index is 819. The molecule has 1 aromatic carbocycles. The summed E-state index contributed by atoms with van der Waals surface area (Å²) in [5, 5.41) is 13.1. The molecule has 1 aliphatic carbocycles. The predicted octanol–water partition coefficient (Wildman–Crippen LogP) is 2.05. The minimum atomic E-state index is -0.931. The molecule has 1 amide bonds. The van der Waals surface area contributed by atoms with Crippen LogP contribution in [0.25, 0.3) is 10.8 Å². The fourth-order valence-electron chi connectivity index (χ4n) is 3.33. The maximum Gasteiger partial charge on any atom is 0.305 e. The lowest BCUT2D eigenvalue weighted by atomic mass is 9.93. The smallest absolute Gasteiger partial charge is 0.305 e. The van der Waals surface area contributed by atoms with Gasteiger partial charge in [0.1, 0.15) is 5.69 Å². The number of carbonyl (C=O) groups excluding carboxylic acids is 1. The van der Waals surface area contributed by atoms with Crippen LogP contribution in [0.1, 0.15) is 42.6 Å². The van der Waals surface area contributed by atoms with Crippen LogP contribution in [0.3, 0.4) is 0 Å². The van der Waals surface area contributed by atoms with Gasteiger partial charge >= 0.3 is 5.97 Å². The van der Waals surface area contributed by atoms with E-state index in [9.17, 15) is 14.4 Å². The molecule has 2 aromatic rings. The van der Waals surface area contributed by atoms with Crippen molar-refractivity contribution in [3.63, 3.8) is 0 Å². The van der Waals surface area contributed by atoms with E-state index < -0.39 is 17.4 Å². The molecule has 0 unspecified atom stereocenters. The van der Waals surface area contributed by atoms with Gasteiger partial charge in [-0.3, -0.25) is 14.4 Å². The van der Waals surface area contributed by atoms with E-state index in [1.807, 2.05) is 0 Å². The number of rotatable bonds is 4. The van der Waals surface area contributed by atoms with Crippen LogP contribution in [0, 0.1) is 0 Å². The average molecular weight is 314 g/mol. The van der Waals surface area contributed by atoms with Gasteiger partial charge < -0.3 is 15.4 Å². The van der Waals surface area contributed by atoms with Crippen LogP contribution < -0.4 is 10.9 Å². The lowest BCUT2D eigenvalue weighted by molar-refractivity contribution is -0.138. The molecule has 0 spiro atoms. The molecule has 1 heterocycles. The van der Waals surface area contributed by atoms with Crippen LogP contribution in [-0.4, -0.2) is 27.5 Å². The number of H-pyrrole nitrogens is 1.